The van der Waals surface area contributed by atoms with E-state index in [1.807, 2.05) is 4.90 Å². The molecule has 1 aromatic carbocycles. The number of ether oxygens (including phenoxy) is 1. The highest BCUT2D eigenvalue weighted by Crippen LogP contribution is 2.33. The van der Waals surface area contributed by atoms with E-state index in [9.17, 15) is 23.9 Å². The Hall–Kier alpha value is -3.81. The molecule has 8 nitrogen and oxygen atoms in total. The van der Waals surface area contributed by atoms with E-state index in [0.717, 1.165) is 6.42 Å². The second-order valence-corrected chi connectivity index (χ2v) is 8.42. The number of carbonyl (C=O) groups is 1. The van der Waals surface area contributed by atoms with E-state index in [1.54, 1.807) is 18.3 Å². The summed E-state index contributed by atoms with van der Waals surface area (Å²) in [5, 5.41) is 21.5. The van der Waals surface area contributed by atoms with Gasteiger partial charge in [-0.15, -0.1) is 8.78 Å². The number of carbonyl (C=O) groups excluding carboxylic acids is 1. The number of pyridine rings is 2. The van der Waals surface area contributed by atoms with Gasteiger partial charge in [-0.2, -0.15) is 5.26 Å². The van der Waals surface area contributed by atoms with Gasteiger partial charge in [0.15, 0.2) is 0 Å². The molecule has 1 amide bonds. The maximum atomic E-state index is 12.9. The van der Waals surface area contributed by atoms with Gasteiger partial charge < -0.3 is 20.1 Å². The molecule has 2 aromatic heterocycles. The van der Waals surface area contributed by atoms with Crippen molar-refractivity contribution < 1.29 is 23.4 Å². The van der Waals surface area contributed by atoms with Crippen LogP contribution >= 0.6 is 11.6 Å². The Morgan fingerprint density at radius 3 is 2.71 bits per heavy atom. The first-order valence-electron chi connectivity index (χ1n) is 10.6. The molecule has 1 unspecified atom stereocenters. The number of nitrogens with zero attached hydrogens (tertiary/aromatic N) is 4. The van der Waals surface area contributed by atoms with Gasteiger partial charge >= 0.3 is 5.57 Å². The molecule has 0 spiro atoms. The summed E-state index contributed by atoms with van der Waals surface area (Å²) >= 11 is 4.76. The molecule has 3 heterocycles. The van der Waals surface area contributed by atoms with E-state index in [4.69, 9.17) is 11.6 Å². The largest absolute Gasteiger partial charge is 0.487 e. The highest BCUT2D eigenvalue weighted by atomic mass is 35.5. The van der Waals surface area contributed by atoms with Gasteiger partial charge in [-0.3, -0.25) is 9.78 Å². The van der Waals surface area contributed by atoms with Crippen LogP contribution in [-0.2, 0) is 0 Å². The molecule has 0 radical (unpaired) electrons. The molecule has 180 valence electrons. The van der Waals surface area contributed by atoms with Crippen LogP contribution in [0.3, 0.4) is 0 Å². The Balaban J connectivity index is 1.62. The minimum atomic E-state index is -3.83. The smallest absolute Gasteiger partial charge is 0.420 e. The lowest BCUT2D eigenvalue weighted by Gasteiger charge is -2.21. The average molecular weight is 500 g/mol. The van der Waals surface area contributed by atoms with E-state index in [1.165, 1.54) is 36.7 Å². The number of aliphatic hydroxyl groups excluding tert-OH is 1. The van der Waals surface area contributed by atoms with Crippen LogP contribution in [0.5, 0.6) is 5.75 Å². The van der Waals surface area contributed by atoms with Gasteiger partial charge in [0.1, 0.15) is 17.6 Å². The summed E-state index contributed by atoms with van der Waals surface area (Å²) in [6.07, 6.45) is 5.28. The van der Waals surface area contributed by atoms with Crippen molar-refractivity contribution in [2.75, 3.05) is 29.9 Å². The molecule has 35 heavy (non-hydrogen) atoms. The quantitative estimate of drug-likeness (QED) is 0.467. The van der Waals surface area contributed by atoms with Gasteiger partial charge in [-0.25, -0.2) is 4.98 Å². The molecule has 1 aliphatic rings. The van der Waals surface area contributed by atoms with Crippen molar-refractivity contribution in [1.29, 1.82) is 5.26 Å². The van der Waals surface area contributed by atoms with Crippen molar-refractivity contribution in [2.45, 2.75) is 12.0 Å². The SMILES string of the molecule is N#Cc1cncc(-c2cc(C(=O)Nc3ccc(OC(F)(F)Cl)cc3)cnc2N2CCC(CO)C2)c1. The van der Waals surface area contributed by atoms with Crippen LogP contribution in [0.4, 0.5) is 20.3 Å². The van der Waals surface area contributed by atoms with Crippen molar-refractivity contribution in [3.63, 3.8) is 0 Å². The Bertz CT molecular complexity index is 1260. The highest BCUT2D eigenvalue weighted by Gasteiger charge is 2.28. The third-order valence-corrected chi connectivity index (χ3v) is 5.57. The van der Waals surface area contributed by atoms with Crippen LogP contribution in [0.1, 0.15) is 22.3 Å². The summed E-state index contributed by atoms with van der Waals surface area (Å²) in [5.74, 6) is 0.119. The Kier molecular flexibility index (Phi) is 7.10. The average Bonchev–Trinajstić information content (AvgIpc) is 3.33. The third-order valence-electron chi connectivity index (χ3n) is 5.50. The Labute approximate surface area is 204 Å². The van der Waals surface area contributed by atoms with Gasteiger partial charge in [0.05, 0.1) is 11.1 Å². The lowest BCUT2D eigenvalue weighted by molar-refractivity contribution is -0.0964. The molecule has 1 atom stereocenters. The topological polar surface area (TPSA) is 111 Å². The first kappa shape index (κ1) is 24.3. The van der Waals surface area contributed by atoms with E-state index >= 15 is 0 Å². The summed E-state index contributed by atoms with van der Waals surface area (Å²) < 4.78 is 29.8. The maximum Gasteiger partial charge on any atom is 0.487 e. The number of benzene rings is 1. The molecule has 0 saturated carbocycles. The predicted molar refractivity (Wildman–Crippen MR) is 125 cm³/mol. The van der Waals surface area contributed by atoms with Gasteiger partial charge in [0.2, 0.25) is 0 Å². The number of anilines is 2. The maximum absolute atomic E-state index is 12.9. The van der Waals surface area contributed by atoms with Crippen LogP contribution in [-0.4, -0.2) is 46.2 Å². The second-order valence-electron chi connectivity index (χ2n) is 7.98. The molecule has 3 aromatic rings. The predicted octanol–water partition coefficient (Wildman–Crippen LogP) is 4.25. The minimum Gasteiger partial charge on any atom is -0.420 e. The van der Waals surface area contributed by atoms with E-state index in [-0.39, 0.29) is 23.8 Å². The number of hydrogen-bond donors (Lipinski definition) is 2. The zero-order chi connectivity index (χ0) is 25.0. The van der Waals surface area contributed by atoms with Gasteiger partial charge in [-0.05, 0) is 42.8 Å². The summed E-state index contributed by atoms with van der Waals surface area (Å²) in [6, 6.07) is 10.7. The number of halogens is 3. The van der Waals surface area contributed by atoms with Crippen molar-refractivity contribution in [2.24, 2.45) is 5.92 Å². The monoisotopic (exact) mass is 499 g/mol. The van der Waals surface area contributed by atoms with Gasteiger partial charge in [-0.1, -0.05) is 0 Å². The van der Waals surface area contributed by atoms with E-state index in [2.05, 4.69) is 26.1 Å². The van der Waals surface area contributed by atoms with Crippen LogP contribution in [0, 0.1) is 17.2 Å². The fourth-order valence-electron chi connectivity index (χ4n) is 3.81. The fraction of sp³-hybridized carbons (Fsp3) is 0.250. The zero-order valence-electron chi connectivity index (χ0n) is 18.3. The van der Waals surface area contributed by atoms with Gasteiger partial charge in [0.25, 0.3) is 5.91 Å². The Morgan fingerprint density at radius 2 is 2.06 bits per heavy atom. The van der Waals surface area contributed by atoms with Crippen molar-refractivity contribution in [3.05, 3.63) is 66.1 Å². The fourth-order valence-corrected chi connectivity index (χ4v) is 3.90. The summed E-state index contributed by atoms with van der Waals surface area (Å²) in [4.78, 5) is 23.6. The van der Waals surface area contributed by atoms with Crippen LogP contribution in [0.25, 0.3) is 11.1 Å². The van der Waals surface area contributed by atoms with Crippen molar-refractivity contribution in [1.82, 2.24) is 9.97 Å². The van der Waals surface area contributed by atoms with Gasteiger partial charge in [0, 0.05) is 72.6 Å². The first-order chi connectivity index (χ1) is 16.8. The minimum absolute atomic E-state index is 0.0736. The zero-order valence-corrected chi connectivity index (χ0v) is 19.0. The second kappa shape index (κ2) is 10.2. The summed E-state index contributed by atoms with van der Waals surface area (Å²) in [5.41, 5.74) is -1.63. The molecule has 1 aliphatic heterocycles. The molecule has 1 saturated heterocycles. The molecule has 0 bridgehead atoms. The number of aliphatic hydroxyl groups is 1. The lowest BCUT2D eigenvalue weighted by Crippen LogP contribution is -2.23. The normalized spacial score (nSPS) is 15.5. The molecule has 11 heteroatoms. The third kappa shape index (κ3) is 6.01. The standard InChI is InChI=1S/C24H20ClF2N5O3/c25-24(26,27)35-20-3-1-19(2-4-20)31-23(34)18-8-21(17-7-16(9-28)10-29-11-17)22(30-12-18)32-6-5-15(13-32)14-33/h1-4,7-8,10-12,15,33H,5-6,13-14H2,(H,31,34). The molecule has 1 fully saturated rings. The van der Waals surface area contributed by atoms with E-state index in [0.29, 0.717) is 41.3 Å². The number of nitriles is 1. The molecule has 4 rings (SSSR count). The molecular formula is C24H20ClF2N5O3. The van der Waals surface area contributed by atoms with Crippen LogP contribution in [0.15, 0.2) is 55.0 Å². The molecule has 2 N–H and O–H groups in total. The van der Waals surface area contributed by atoms with E-state index < -0.39 is 11.5 Å². The molecular weight excluding hydrogens is 480 g/mol. The number of hydrogen-bond acceptors (Lipinski definition) is 7. The van der Waals surface area contributed by atoms with Crippen molar-refractivity contribution in [3.8, 4) is 22.9 Å². The number of rotatable bonds is 7. The first-order valence-corrected chi connectivity index (χ1v) is 11.0. The Morgan fingerprint density at radius 1 is 1.29 bits per heavy atom. The number of aromatic nitrogens is 2. The summed E-state index contributed by atoms with van der Waals surface area (Å²) in [7, 11) is 0. The number of amides is 1. The van der Waals surface area contributed by atoms with Crippen molar-refractivity contribution >= 4 is 29.0 Å². The number of alkyl halides is 3. The van der Waals surface area contributed by atoms with Crippen LogP contribution in [0.2, 0.25) is 0 Å². The highest BCUT2D eigenvalue weighted by molar-refractivity contribution is 6.20. The summed E-state index contributed by atoms with van der Waals surface area (Å²) in [6.45, 7) is 1.38. The lowest BCUT2D eigenvalue weighted by atomic mass is 10.0. The van der Waals surface area contributed by atoms with Crippen LogP contribution < -0.4 is 15.0 Å². The number of nitrogens with one attached hydrogen (secondary N) is 1. The molecule has 0 aliphatic carbocycles.